The van der Waals surface area contributed by atoms with Crippen LogP contribution in [0.2, 0.25) is 0 Å². The number of benzene rings is 2. The first kappa shape index (κ1) is 21.6. The van der Waals surface area contributed by atoms with Gasteiger partial charge in [-0.3, -0.25) is 0 Å². The van der Waals surface area contributed by atoms with Crippen molar-refractivity contribution in [1.82, 2.24) is 10.2 Å². The van der Waals surface area contributed by atoms with E-state index in [9.17, 15) is 13.2 Å². The van der Waals surface area contributed by atoms with Gasteiger partial charge in [-0.2, -0.15) is 0 Å². The van der Waals surface area contributed by atoms with Gasteiger partial charge in [0.05, 0.1) is 6.54 Å². The largest absolute Gasteiger partial charge is 0.573 e. The monoisotopic (exact) mass is 394 g/mol. The highest BCUT2D eigenvalue weighted by Gasteiger charge is 2.30. The van der Waals surface area contributed by atoms with Crippen LogP contribution in [0.25, 0.3) is 0 Å². The van der Waals surface area contributed by atoms with Crippen molar-refractivity contribution in [3.63, 3.8) is 0 Å². The molecule has 0 amide bonds. The van der Waals surface area contributed by atoms with Gasteiger partial charge in [-0.15, -0.1) is 13.2 Å². The molecular formula is C20H25F3N4O. The summed E-state index contributed by atoms with van der Waals surface area (Å²) < 4.78 is 40.3. The lowest BCUT2D eigenvalue weighted by atomic mass is 10.1. The molecule has 0 spiro atoms. The van der Waals surface area contributed by atoms with Crippen LogP contribution < -0.4 is 15.8 Å². The van der Waals surface area contributed by atoms with E-state index in [1.54, 1.807) is 0 Å². The Bertz CT molecular complexity index is 746. The normalized spacial score (nSPS) is 13.4. The molecular weight excluding hydrogens is 369 g/mol. The summed E-state index contributed by atoms with van der Waals surface area (Å²) in [6.45, 7) is 0.881. The number of hydrogen-bond acceptors (Lipinski definition) is 3. The first-order valence-corrected chi connectivity index (χ1v) is 8.82. The fourth-order valence-corrected chi connectivity index (χ4v) is 2.57. The Hall–Kier alpha value is -2.74. The molecule has 1 unspecified atom stereocenters. The number of nitrogens with two attached hydrogens (primary N) is 1. The van der Waals surface area contributed by atoms with E-state index in [1.165, 1.54) is 29.8 Å². The molecule has 1 atom stereocenters. The number of aliphatic imine (C=N–C) groups is 1. The molecule has 2 aromatic rings. The van der Waals surface area contributed by atoms with E-state index in [0.717, 1.165) is 12.0 Å². The van der Waals surface area contributed by atoms with Gasteiger partial charge in [0.15, 0.2) is 5.96 Å². The number of rotatable bonds is 8. The van der Waals surface area contributed by atoms with Crippen molar-refractivity contribution < 1.29 is 17.9 Å². The van der Waals surface area contributed by atoms with E-state index in [2.05, 4.69) is 32.1 Å². The molecule has 0 fully saturated rings. The van der Waals surface area contributed by atoms with Crippen LogP contribution in [0.4, 0.5) is 13.2 Å². The second-order valence-corrected chi connectivity index (χ2v) is 6.58. The predicted molar refractivity (Wildman–Crippen MR) is 104 cm³/mol. The molecule has 0 heterocycles. The molecule has 0 saturated carbocycles. The number of alkyl halides is 3. The fraction of sp³-hybridized carbons (Fsp3) is 0.350. The number of hydrogen-bond donors (Lipinski definition) is 2. The SMILES string of the molecule is CN(C)C(CNC(N)=NCc1ccc(OC(F)(F)F)cc1)Cc1ccccc1. The van der Waals surface area contributed by atoms with Crippen molar-refractivity contribution in [2.75, 3.05) is 20.6 Å². The average molecular weight is 394 g/mol. The van der Waals surface area contributed by atoms with Gasteiger partial charge in [0.2, 0.25) is 0 Å². The van der Waals surface area contributed by atoms with Crippen LogP contribution in [0.5, 0.6) is 5.75 Å². The van der Waals surface area contributed by atoms with E-state index < -0.39 is 6.36 Å². The Balaban J connectivity index is 1.85. The fourth-order valence-electron chi connectivity index (χ4n) is 2.57. The molecule has 152 valence electrons. The zero-order valence-electron chi connectivity index (χ0n) is 15.9. The van der Waals surface area contributed by atoms with Gasteiger partial charge in [-0.25, -0.2) is 4.99 Å². The third-order valence-electron chi connectivity index (χ3n) is 4.15. The topological polar surface area (TPSA) is 62.9 Å². The quantitative estimate of drug-likeness (QED) is 0.533. The van der Waals surface area contributed by atoms with Crippen LogP contribution in [-0.4, -0.2) is 43.9 Å². The van der Waals surface area contributed by atoms with Gasteiger partial charge in [-0.1, -0.05) is 42.5 Å². The van der Waals surface area contributed by atoms with Gasteiger partial charge in [0.1, 0.15) is 5.75 Å². The number of guanidine groups is 1. The van der Waals surface area contributed by atoms with Crippen LogP contribution in [0.15, 0.2) is 59.6 Å². The Morgan fingerprint density at radius 1 is 1.07 bits per heavy atom. The molecule has 5 nitrogen and oxygen atoms in total. The number of likely N-dealkylation sites (N-methyl/N-ethyl adjacent to an activating group) is 1. The van der Waals surface area contributed by atoms with Crippen molar-refractivity contribution in [1.29, 1.82) is 0 Å². The Kier molecular flexibility index (Phi) is 7.69. The highest BCUT2D eigenvalue weighted by Crippen LogP contribution is 2.22. The molecule has 0 aliphatic rings. The molecule has 28 heavy (non-hydrogen) atoms. The van der Waals surface area contributed by atoms with Crippen LogP contribution in [-0.2, 0) is 13.0 Å². The zero-order chi connectivity index (χ0) is 20.6. The summed E-state index contributed by atoms with van der Waals surface area (Å²) in [5.41, 5.74) is 7.89. The first-order valence-electron chi connectivity index (χ1n) is 8.82. The lowest BCUT2D eigenvalue weighted by molar-refractivity contribution is -0.274. The van der Waals surface area contributed by atoms with E-state index in [1.807, 2.05) is 32.3 Å². The van der Waals surface area contributed by atoms with E-state index in [0.29, 0.717) is 6.54 Å². The van der Waals surface area contributed by atoms with Crippen molar-refractivity contribution >= 4 is 5.96 Å². The maximum absolute atomic E-state index is 12.2. The minimum Gasteiger partial charge on any atom is -0.406 e. The summed E-state index contributed by atoms with van der Waals surface area (Å²) >= 11 is 0. The second kappa shape index (κ2) is 9.98. The first-order chi connectivity index (χ1) is 13.2. The minimum absolute atomic E-state index is 0.231. The molecule has 0 saturated heterocycles. The van der Waals surface area contributed by atoms with Crippen molar-refractivity contribution in [3.05, 3.63) is 65.7 Å². The number of ether oxygens (including phenoxy) is 1. The summed E-state index contributed by atoms with van der Waals surface area (Å²) in [6.07, 6.45) is -3.83. The second-order valence-electron chi connectivity index (χ2n) is 6.58. The molecule has 2 rings (SSSR count). The molecule has 0 aliphatic heterocycles. The van der Waals surface area contributed by atoms with Crippen molar-refractivity contribution in [2.24, 2.45) is 10.7 Å². The van der Waals surface area contributed by atoms with Gasteiger partial charge < -0.3 is 20.7 Å². The van der Waals surface area contributed by atoms with Crippen molar-refractivity contribution in [2.45, 2.75) is 25.4 Å². The van der Waals surface area contributed by atoms with Crippen molar-refractivity contribution in [3.8, 4) is 5.75 Å². The third-order valence-corrected chi connectivity index (χ3v) is 4.15. The Morgan fingerprint density at radius 3 is 2.29 bits per heavy atom. The summed E-state index contributed by atoms with van der Waals surface area (Å²) in [4.78, 5) is 6.36. The molecule has 8 heteroatoms. The lowest BCUT2D eigenvalue weighted by Gasteiger charge is -2.25. The van der Waals surface area contributed by atoms with Gasteiger partial charge in [0.25, 0.3) is 0 Å². The van der Waals surface area contributed by atoms with Crippen LogP contribution >= 0.6 is 0 Å². The molecule has 0 aliphatic carbocycles. The zero-order valence-corrected chi connectivity index (χ0v) is 15.9. The highest BCUT2D eigenvalue weighted by molar-refractivity contribution is 5.77. The number of halogens is 3. The van der Waals surface area contributed by atoms with E-state index in [4.69, 9.17) is 5.73 Å². The molecule has 3 N–H and O–H groups in total. The van der Waals surface area contributed by atoms with E-state index >= 15 is 0 Å². The molecule has 0 radical (unpaired) electrons. The summed E-state index contributed by atoms with van der Waals surface area (Å²) in [7, 11) is 4.01. The summed E-state index contributed by atoms with van der Waals surface area (Å²) in [5, 5.41) is 3.11. The maximum atomic E-state index is 12.2. The van der Waals surface area contributed by atoms with E-state index in [-0.39, 0.29) is 24.3 Å². The van der Waals surface area contributed by atoms with Crippen LogP contribution in [0, 0.1) is 0 Å². The van der Waals surface area contributed by atoms with Gasteiger partial charge in [0, 0.05) is 12.6 Å². The highest BCUT2D eigenvalue weighted by atomic mass is 19.4. The average Bonchev–Trinajstić information content (AvgIpc) is 2.64. The molecule has 2 aromatic carbocycles. The van der Waals surface area contributed by atoms with Gasteiger partial charge >= 0.3 is 6.36 Å². The Morgan fingerprint density at radius 2 is 1.71 bits per heavy atom. The molecule has 0 bridgehead atoms. The number of nitrogens with zero attached hydrogens (tertiary/aromatic N) is 2. The summed E-state index contributed by atoms with van der Waals surface area (Å²) in [5.74, 6) is 0.0246. The predicted octanol–water partition coefficient (Wildman–Crippen LogP) is 3.16. The summed E-state index contributed by atoms with van der Waals surface area (Å²) in [6, 6.07) is 16.0. The Labute approximate surface area is 163 Å². The standard InChI is InChI=1S/C20H25F3N4O/c1-27(2)17(12-15-6-4-3-5-7-15)14-26-19(24)25-13-16-8-10-18(11-9-16)28-20(21,22)23/h3-11,17H,12-14H2,1-2H3,(H3,24,25,26). The van der Waals surface area contributed by atoms with Crippen LogP contribution in [0.1, 0.15) is 11.1 Å². The molecule has 0 aromatic heterocycles. The number of nitrogens with one attached hydrogen (secondary N) is 1. The lowest BCUT2D eigenvalue weighted by Crippen LogP contribution is -2.44. The van der Waals surface area contributed by atoms with Crippen LogP contribution in [0.3, 0.4) is 0 Å². The maximum Gasteiger partial charge on any atom is 0.573 e. The minimum atomic E-state index is -4.70. The third kappa shape index (κ3) is 7.87. The smallest absolute Gasteiger partial charge is 0.406 e. The van der Waals surface area contributed by atoms with Gasteiger partial charge in [-0.05, 0) is 43.8 Å².